The molecule has 0 saturated carbocycles. The molecule has 0 spiro atoms. The molecule has 182 valence electrons. The summed E-state index contributed by atoms with van der Waals surface area (Å²) >= 11 is 9.99. The van der Waals surface area contributed by atoms with Crippen LogP contribution in [0.2, 0.25) is 0 Å². The van der Waals surface area contributed by atoms with E-state index in [1.165, 1.54) is 38.7 Å². The Morgan fingerprint density at radius 2 is 1.70 bits per heavy atom. The number of hydrazone groups is 1. The maximum absolute atomic E-state index is 6.54. The quantitative estimate of drug-likeness (QED) is 0.109. The fourth-order valence-electron chi connectivity index (χ4n) is 1.73. The number of nitrogens with zero attached hydrogens (tertiary/aromatic N) is 4. The first kappa shape index (κ1) is 38.4. The topological polar surface area (TPSA) is 72.6 Å². The Morgan fingerprint density at radius 1 is 1.21 bits per heavy atom. The van der Waals surface area contributed by atoms with E-state index in [4.69, 9.17) is 25.5 Å². The third kappa shape index (κ3) is 23.0. The Hall–Kier alpha value is 0.821. The molecule has 1 heterocycles. The van der Waals surface area contributed by atoms with Crippen molar-refractivity contribution >= 4 is 80.0 Å². The van der Waals surface area contributed by atoms with E-state index >= 15 is 0 Å². The number of aromatic nitrogens is 2. The molecular weight excluding hydrogens is 1140 g/mol. The van der Waals surface area contributed by atoms with Crippen molar-refractivity contribution in [2.24, 2.45) is 5.10 Å². The van der Waals surface area contributed by atoms with Crippen LogP contribution in [-0.2, 0) is 43.6 Å². The average Bonchev–Trinajstić information content (AvgIpc) is 3.09. The van der Waals surface area contributed by atoms with Crippen LogP contribution >= 0.6 is 59.9 Å². The summed E-state index contributed by atoms with van der Waals surface area (Å²) in [5.41, 5.74) is 12.3. The number of hydrogen-bond donors (Lipinski definition) is 2. The molecular formula is C21H28I3N6VW2-2. The zero-order chi connectivity index (χ0) is 25.3. The fourth-order valence-corrected chi connectivity index (χ4v) is 2.90. The van der Waals surface area contributed by atoms with Gasteiger partial charge in [-0.15, -0.1) is 0 Å². The fraction of sp³-hybridized carbons (Fsp3) is 0.286. The van der Waals surface area contributed by atoms with Gasteiger partial charge in [-0.1, -0.05) is 7.43 Å². The second-order valence-electron chi connectivity index (χ2n) is 5.90. The van der Waals surface area contributed by atoms with E-state index in [1.54, 1.807) is 23.2 Å². The molecule has 0 saturated heterocycles. The van der Waals surface area contributed by atoms with Crippen LogP contribution in [0.5, 0.6) is 0 Å². The van der Waals surface area contributed by atoms with Crippen LogP contribution in [0.1, 0.15) is 35.1 Å². The van der Waals surface area contributed by atoms with Crippen LogP contribution in [-0.4, -0.2) is 30.6 Å². The molecule has 0 radical (unpaired) electrons. The molecule has 0 amide bonds. The number of nitrogens with one attached hydrogen (secondary N) is 1. The predicted molar refractivity (Wildman–Crippen MR) is 158 cm³/mol. The SMILES string of the molecule is C.[C-]#[N+]C/C=N\N[C](=[W])C(C)=CC(=[CH-])C.[CH-]=C(C)C=C(C)[C](=[W])n1nccc1N.[I][V]([I])[I]. The number of halogens is 3. The van der Waals surface area contributed by atoms with Gasteiger partial charge in [0.1, 0.15) is 0 Å². The molecule has 6 nitrogen and oxygen atoms in total. The third-order valence-corrected chi connectivity index (χ3v) is 6.14. The summed E-state index contributed by atoms with van der Waals surface area (Å²) in [7, 11) is 0. The summed E-state index contributed by atoms with van der Waals surface area (Å²) in [6, 6.07) is 1.77. The van der Waals surface area contributed by atoms with Gasteiger partial charge in [0.05, 0.1) is 0 Å². The van der Waals surface area contributed by atoms with Crippen molar-refractivity contribution in [2.75, 3.05) is 12.3 Å². The van der Waals surface area contributed by atoms with Crippen molar-refractivity contribution in [1.29, 1.82) is 0 Å². The Kier molecular flexibility index (Phi) is 27.0. The van der Waals surface area contributed by atoms with Crippen LogP contribution in [0.4, 0.5) is 5.82 Å². The predicted octanol–water partition coefficient (Wildman–Crippen LogP) is 6.09. The Balaban J connectivity index is -0.000000457. The molecule has 3 N–H and O–H groups in total. The second kappa shape index (κ2) is 23.2. The maximum atomic E-state index is 6.54. The molecule has 0 aromatic carbocycles. The van der Waals surface area contributed by atoms with Gasteiger partial charge in [0.25, 0.3) is 0 Å². The van der Waals surface area contributed by atoms with Gasteiger partial charge in [-0.05, 0) is 0 Å². The molecule has 0 aliphatic heterocycles. The number of hydrogen-bond acceptors (Lipinski definition) is 4. The van der Waals surface area contributed by atoms with Crippen molar-refractivity contribution in [3.8, 4) is 0 Å². The number of allylic oxidation sites excluding steroid dienone is 5. The summed E-state index contributed by atoms with van der Waals surface area (Å²) in [4.78, 5) is 2.87. The monoisotopic (exact) mass is 1160 g/mol. The number of rotatable bonds is 8. The number of anilines is 1. The van der Waals surface area contributed by atoms with E-state index in [1.807, 2.05) is 39.8 Å². The van der Waals surface area contributed by atoms with E-state index in [0.29, 0.717) is 12.4 Å². The molecule has 0 bridgehead atoms. The molecule has 1 rings (SSSR count). The summed E-state index contributed by atoms with van der Waals surface area (Å²) in [6.45, 7) is 25.6. The van der Waals surface area contributed by atoms with Crippen LogP contribution in [0.25, 0.3) is 4.85 Å². The van der Waals surface area contributed by atoms with Gasteiger partial charge in [-0.25, -0.2) is 0 Å². The molecule has 0 aliphatic carbocycles. The molecule has 12 heteroatoms. The standard InChI is InChI=1S/2C10H12N3.CH4.3HI.V.2W/c1-8(2)6-9(3)7-13-10(11)4-5-12-13;1-9(2)7-10(3)8-13-12-6-5-11-4;;;;;;;/h1,4-6H,11H2,2-3H3;1,6-7,13H,5H2,2-3H3;1H4;3*1H;;;/q2*-1;;;;;+3;;/p-3/b;10-7?,12-6-;;;;;;;. The van der Waals surface area contributed by atoms with Crippen molar-refractivity contribution in [3.63, 3.8) is 0 Å². The van der Waals surface area contributed by atoms with Gasteiger partial charge in [0, 0.05) is 0 Å². The zero-order valence-corrected chi connectivity index (χ0v) is 31.7. The van der Waals surface area contributed by atoms with Crippen LogP contribution in [0, 0.1) is 19.7 Å². The van der Waals surface area contributed by atoms with Gasteiger partial charge in [0.2, 0.25) is 0 Å². The molecule has 0 unspecified atom stereocenters. The van der Waals surface area contributed by atoms with Crippen molar-refractivity contribution < 1.29 is 43.6 Å². The van der Waals surface area contributed by atoms with E-state index in [0.717, 1.165) is 30.3 Å². The normalized spacial score (nSPS) is 10.6. The van der Waals surface area contributed by atoms with Crippen LogP contribution in [0.3, 0.4) is 0 Å². The Labute approximate surface area is 258 Å². The van der Waals surface area contributed by atoms with Crippen molar-refractivity contribution in [1.82, 2.24) is 15.2 Å². The molecule has 1 aromatic rings. The van der Waals surface area contributed by atoms with E-state index in [9.17, 15) is 0 Å². The van der Waals surface area contributed by atoms with E-state index in [2.05, 4.69) is 80.4 Å². The van der Waals surface area contributed by atoms with E-state index < -0.39 is 0 Å². The minimum absolute atomic E-state index is 0. The minimum atomic E-state index is -0.278. The second-order valence-corrected chi connectivity index (χ2v) is 44.1. The zero-order valence-electron chi connectivity index (χ0n) is 18.0. The van der Waals surface area contributed by atoms with Gasteiger partial charge in [-0.3, -0.25) is 0 Å². The van der Waals surface area contributed by atoms with Crippen LogP contribution < -0.4 is 11.2 Å². The molecule has 0 aliphatic rings. The first-order valence-corrected chi connectivity index (χ1v) is 25.1. The summed E-state index contributed by atoms with van der Waals surface area (Å²) < 4.78 is 3.80. The summed E-state index contributed by atoms with van der Waals surface area (Å²) in [6.07, 6.45) is 7.04. The molecule has 1 aromatic heterocycles. The van der Waals surface area contributed by atoms with Crippen molar-refractivity contribution in [2.45, 2.75) is 35.1 Å². The van der Waals surface area contributed by atoms with Gasteiger partial charge in [-0.2, -0.15) is 0 Å². The van der Waals surface area contributed by atoms with E-state index in [-0.39, 0.29) is 12.3 Å². The number of nitrogen functional groups attached to an aromatic ring is 1. The van der Waals surface area contributed by atoms with Gasteiger partial charge < -0.3 is 0 Å². The van der Waals surface area contributed by atoms with Crippen LogP contribution in [0.15, 0.2) is 51.8 Å². The Bertz CT molecular complexity index is 928. The third-order valence-electron chi connectivity index (χ3n) is 2.88. The molecule has 0 atom stereocenters. The number of nitrogens with two attached hydrogens (primary N) is 1. The first-order chi connectivity index (χ1) is 14.8. The first-order valence-electron chi connectivity index (χ1n) is 8.64. The van der Waals surface area contributed by atoms with Gasteiger partial charge >= 0.3 is 255 Å². The molecule has 33 heavy (non-hydrogen) atoms. The molecule has 0 fully saturated rings. The summed E-state index contributed by atoms with van der Waals surface area (Å²) in [5, 5.41) is 8.02. The summed E-state index contributed by atoms with van der Waals surface area (Å²) in [5.74, 6) is 0.650. The van der Waals surface area contributed by atoms with Crippen molar-refractivity contribution in [3.05, 3.63) is 71.3 Å². The van der Waals surface area contributed by atoms with Gasteiger partial charge in [0.15, 0.2) is 0 Å². The Morgan fingerprint density at radius 3 is 2.09 bits per heavy atom. The average molecular weight is 1160 g/mol.